The van der Waals surface area contributed by atoms with Gasteiger partial charge in [0.1, 0.15) is 11.2 Å². The SMILES string of the molecule is C[Si](C)(C)c1ccc2c(c1)oc1c(-c3cc(C4CCCC4)ccn3)cccc12. The van der Waals surface area contributed by atoms with E-state index >= 15 is 0 Å². The van der Waals surface area contributed by atoms with Gasteiger partial charge in [0.2, 0.25) is 0 Å². The van der Waals surface area contributed by atoms with Crippen LogP contribution in [0.15, 0.2) is 59.1 Å². The molecular formula is C25H27NOSi. The Kier molecular flexibility index (Phi) is 4.16. The van der Waals surface area contributed by atoms with Crippen molar-refractivity contribution >= 4 is 35.2 Å². The van der Waals surface area contributed by atoms with E-state index < -0.39 is 8.07 Å². The molecule has 0 atom stereocenters. The summed E-state index contributed by atoms with van der Waals surface area (Å²) in [6.07, 6.45) is 7.27. The summed E-state index contributed by atoms with van der Waals surface area (Å²) < 4.78 is 6.42. The molecule has 2 aromatic carbocycles. The Bertz CT molecular complexity index is 1160. The van der Waals surface area contributed by atoms with E-state index in [9.17, 15) is 0 Å². The maximum absolute atomic E-state index is 6.42. The van der Waals surface area contributed by atoms with Crippen molar-refractivity contribution in [2.75, 3.05) is 0 Å². The van der Waals surface area contributed by atoms with Crippen LogP contribution in [0.25, 0.3) is 33.2 Å². The third-order valence-corrected chi connectivity index (χ3v) is 8.29. The van der Waals surface area contributed by atoms with E-state index in [1.54, 1.807) is 0 Å². The molecule has 0 N–H and O–H groups in total. The number of hydrogen-bond donors (Lipinski definition) is 0. The molecule has 142 valence electrons. The molecule has 1 fully saturated rings. The average molecular weight is 386 g/mol. The van der Waals surface area contributed by atoms with Crippen LogP contribution in [0.4, 0.5) is 0 Å². The summed E-state index contributed by atoms with van der Waals surface area (Å²) >= 11 is 0. The fourth-order valence-electron chi connectivity index (χ4n) is 4.57. The molecule has 0 amide bonds. The smallest absolute Gasteiger partial charge is 0.144 e. The van der Waals surface area contributed by atoms with Crippen LogP contribution in [0, 0.1) is 0 Å². The van der Waals surface area contributed by atoms with Crippen molar-refractivity contribution in [3.63, 3.8) is 0 Å². The topological polar surface area (TPSA) is 26.0 Å². The van der Waals surface area contributed by atoms with Crippen molar-refractivity contribution in [2.24, 2.45) is 0 Å². The van der Waals surface area contributed by atoms with Crippen molar-refractivity contribution in [2.45, 2.75) is 51.2 Å². The van der Waals surface area contributed by atoms with Gasteiger partial charge in [-0.1, -0.05) is 61.9 Å². The molecule has 3 heteroatoms. The van der Waals surface area contributed by atoms with E-state index in [0.29, 0.717) is 5.92 Å². The molecule has 0 spiro atoms. The van der Waals surface area contributed by atoms with Gasteiger partial charge in [-0.25, -0.2) is 0 Å². The number of nitrogens with zero attached hydrogens (tertiary/aromatic N) is 1. The molecule has 0 unspecified atom stereocenters. The lowest BCUT2D eigenvalue weighted by Gasteiger charge is -2.15. The fourth-order valence-corrected chi connectivity index (χ4v) is 5.72. The van der Waals surface area contributed by atoms with Gasteiger partial charge in [0, 0.05) is 22.5 Å². The van der Waals surface area contributed by atoms with Gasteiger partial charge in [0.25, 0.3) is 0 Å². The second-order valence-electron chi connectivity index (χ2n) is 9.20. The Morgan fingerprint density at radius 1 is 0.929 bits per heavy atom. The van der Waals surface area contributed by atoms with Gasteiger partial charge >= 0.3 is 0 Å². The largest absolute Gasteiger partial charge is 0.455 e. The molecule has 5 rings (SSSR count). The molecule has 2 heterocycles. The lowest BCUT2D eigenvalue weighted by Crippen LogP contribution is -2.37. The van der Waals surface area contributed by atoms with Crippen molar-refractivity contribution in [1.82, 2.24) is 4.98 Å². The normalized spacial score (nSPS) is 15.7. The van der Waals surface area contributed by atoms with E-state index in [1.807, 2.05) is 6.20 Å². The predicted octanol–water partition coefficient (Wildman–Crippen LogP) is 6.85. The maximum Gasteiger partial charge on any atom is 0.144 e. The highest BCUT2D eigenvalue weighted by Crippen LogP contribution is 2.38. The summed E-state index contributed by atoms with van der Waals surface area (Å²) in [5.41, 5.74) is 5.51. The Labute approximate surface area is 167 Å². The molecule has 1 aliphatic rings. The predicted molar refractivity (Wildman–Crippen MR) is 121 cm³/mol. The van der Waals surface area contributed by atoms with E-state index in [4.69, 9.17) is 9.40 Å². The summed E-state index contributed by atoms with van der Waals surface area (Å²) in [6, 6.07) is 17.7. The molecule has 0 radical (unpaired) electrons. The van der Waals surface area contributed by atoms with Crippen molar-refractivity contribution in [3.05, 3.63) is 60.3 Å². The van der Waals surface area contributed by atoms with Gasteiger partial charge in [-0.15, -0.1) is 0 Å². The van der Waals surface area contributed by atoms with Gasteiger partial charge in [0.05, 0.1) is 13.8 Å². The van der Waals surface area contributed by atoms with Crippen LogP contribution in [-0.2, 0) is 0 Å². The zero-order chi connectivity index (χ0) is 19.3. The molecule has 2 aromatic heterocycles. The van der Waals surface area contributed by atoms with Gasteiger partial charge in [0.15, 0.2) is 0 Å². The molecule has 2 nitrogen and oxygen atoms in total. The summed E-state index contributed by atoms with van der Waals surface area (Å²) in [4.78, 5) is 4.71. The average Bonchev–Trinajstić information content (AvgIpc) is 3.34. The van der Waals surface area contributed by atoms with Crippen LogP contribution >= 0.6 is 0 Å². The molecule has 4 aromatic rings. The van der Waals surface area contributed by atoms with Crippen molar-refractivity contribution in [3.8, 4) is 11.3 Å². The Hall–Kier alpha value is -2.39. The number of rotatable bonds is 3. The maximum atomic E-state index is 6.42. The van der Waals surface area contributed by atoms with E-state index in [-0.39, 0.29) is 0 Å². The first-order chi connectivity index (χ1) is 13.5. The van der Waals surface area contributed by atoms with Crippen LogP contribution in [0.3, 0.4) is 0 Å². The highest BCUT2D eigenvalue weighted by Gasteiger charge is 2.21. The van der Waals surface area contributed by atoms with Gasteiger partial charge in [-0.3, -0.25) is 4.98 Å². The Morgan fingerprint density at radius 2 is 1.75 bits per heavy atom. The molecule has 1 aliphatic carbocycles. The van der Waals surface area contributed by atoms with E-state index in [0.717, 1.165) is 22.4 Å². The lowest BCUT2D eigenvalue weighted by molar-refractivity contribution is 0.670. The number of hydrogen-bond acceptors (Lipinski definition) is 2. The number of para-hydroxylation sites is 1. The summed E-state index contributed by atoms with van der Waals surface area (Å²) in [7, 11) is -1.37. The zero-order valence-electron chi connectivity index (χ0n) is 17.0. The third kappa shape index (κ3) is 2.98. The minimum atomic E-state index is -1.37. The highest BCUT2D eigenvalue weighted by molar-refractivity contribution is 6.88. The first kappa shape index (κ1) is 17.7. The summed E-state index contributed by atoms with van der Waals surface area (Å²) in [5, 5.41) is 3.82. The van der Waals surface area contributed by atoms with Crippen molar-refractivity contribution < 1.29 is 4.42 Å². The number of aromatic nitrogens is 1. The first-order valence-electron chi connectivity index (χ1n) is 10.4. The molecule has 0 bridgehead atoms. The quantitative estimate of drug-likeness (QED) is 0.360. The lowest BCUT2D eigenvalue weighted by atomic mass is 9.96. The van der Waals surface area contributed by atoms with Crippen LogP contribution < -0.4 is 5.19 Å². The number of benzene rings is 2. The fraction of sp³-hybridized carbons (Fsp3) is 0.320. The minimum absolute atomic E-state index is 0.691. The number of pyridine rings is 1. The van der Waals surface area contributed by atoms with E-state index in [1.165, 1.54) is 47.2 Å². The zero-order valence-corrected chi connectivity index (χ0v) is 18.0. The van der Waals surface area contributed by atoms with E-state index in [2.05, 4.69) is 68.2 Å². The summed E-state index contributed by atoms with van der Waals surface area (Å²) in [6.45, 7) is 7.13. The Balaban J connectivity index is 1.67. The number of fused-ring (bicyclic) bond motifs is 3. The van der Waals surface area contributed by atoms with Gasteiger partial charge in [-0.2, -0.15) is 0 Å². The minimum Gasteiger partial charge on any atom is -0.455 e. The molecule has 1 saturated carbocycles. The molecule has 28 heavy (non-hydrogen) atoms. The number of furan rings is 1. The van der Waals surface area contributed by atoms with Crippen LogP contribution in [0.5, 0.6) is 0 Å². The standard InChI is InChI=1S/C25H27NOSi/c1-28(2,3)19-11-12-20-21-9-6-10-22(25(21)27-24(20)16-19)23-15-18(13-14-26-23)17-7-4-5-8-17/h6,9-17H,4-5,7-8H2,1-3H3. The third-order valence-electron chi connectivity index (χ3n) is 6.25. The second kappa shape index (κ2) is 6.59. The van der Waals surface area contributed by atoms with Gasteiger partial charge in [-0.05, 0) is 48.6 Å². The molecule has 0 aliphatic heterocycles. The summed E-state index contributed by atoms with van der Waals surface area (Å²) in [5.74, 6) is 0.691. The second-order valence-corrected chi connectivity index (χ2v) is 14.3. The molecular weight excluding hydrogens is 358 g/mol. The van der Waals surface area contributed by atoms with Crippen LogP contribution in [0.1, 0.15) is 37.2 Å². The first-order valence-corrected chi connectivity index (χ1v) is 13.9. The highest BCUT2D eigenvalue weighted by atomic mass is 28.3. The van der Waals surface area contributed by atoms with Crippen LogP contribution in [0.2, 0.25) is 19.6 Å². The monoisotopic (exact) mass is 385 g/mol. The van der Waals surface area contributed by atoms with Gasteiger partial charge < -0.3 is 4.42 Å². The van der Waals surface area contributed by atoms with Crippen LogP contribution in [-0.4, -0.2) is 13.1 Å². The molecule has 0 saturated heterocycles. The van der Waals surface area contributed by atoms with Crippen molar-refractivity contribution in [1.29, 1.82) is 0 Å². The Morgan fingerprint density at radius 3 is 2.54 bits per heavy atom.